The van der Waals surface area contributed by atoms with Crippen LogP contribution in [0.1, 0.15) is 47.8 Å². The van der Waals surface area contributed by atoms with Crippen LogP contribution in [0.25, 0.3) is 0 Å². The topological polar surface area (TPSA) is 45.9 Å². The van der Waals surface area contributed by atoms with E-state index in [1.165, 1.54) is 16.9 Å². The summed E-state index contributed by atoms with van der Waals surface area (Å²) < 4.78 is 5.86. The van der Waals surface area contributed by atoms with Crippen molar-refractivity contribution in [3.63, 3.8) is 0 Å². The molecule has 0 radical (unpaired) electrons. The van der Waals surface area contributed by atoms with Crippen molar-refractivity contribution in [3.8, 4) is 11.8 Å². The van der Waals surface area contributed by atoms with Crippen LogP contribution >= 0.6 is 11.3 Å². The first-order chi connectivity index (χ1) is 10.2. The van der Waals surface area contributed by atoms with E-state index in [0.29, 0.717) is 6.61 Å². The lowest BCUT2D eigenvalue weighted by Gasteiger charge is -2.09. The first-order valence-corrected chi connectivity index (χ1v) is 8.07. The number of nitrogens with zero attached hydrogens (tertiary/aromatic N) is 2. The molecule has 3 nitrogen and oxygen atoms in total. The summed E-state index contributed by atoms with van der Waals surface area (Å²) in [6.45, 7) is 6.84. The molecule has 0 aliphatic heterocycles. The van der Waals surface area contributed by atoms with Gasteiger partial charge in [0.05, 0.1) is 17.3 Å². The van der Waals surface area contributed by atoms with Gasteiger partial charge in [-0.15, -0.1) is 11.3 Å². The number of aryl methyl sites for hydroxylation is 1. The average molecular weight is 300 g/mol. The second kappa shape index (κ2) is 7.24. The lowest BCUT2D eigenvalue weighted by Crippen LogP contribution is -2.03. The van der Waals surface area contributed by atoms with Crippen molar-refractivity contribution in [1.82, 2.24) is 4.98 Å². The van der Waals surface area contributed by atoms with Crippen molar-refractivity contribution in [3.05, 3.63) is 45.4 Å². The predicted octanol–water partition coefficient (Wildman–Crippen LogP) is 4.32. The highest BCUT2D eigenvalue weighted by atomic mass is 32.1. The molecule has 0 aliphatic rings. The normalized spacial score (nSPS) is 10.6. The molecule has 0 N–H and O–H groups in total. The Labute approximate surface area is 130 Å². The van der Waals surface area contributed by atoms with Gasteiger partial charge in [-0.25, -0.2) is 4.98 Å². The molecule has 0 saturated heterocycles. The molecule has 0 saturated carbocycles. The minimum absolute atomic E-state index is 0.284. The van der Waals surface area contributed by atoms with Crippen LogP contribution in [0.15, 0.2) is 24.3 Å². The Kier molecular flexibility index (Phi) is 5.35. The van der Waals surface area contributed by atoms with Crippen LogP contribution in [0, 0.1) is 11.3 Å². The third kappa shape index (κ3) is 3.83. The van der Waals surface area contributed by atoms with Crippen LogP contribution < -0.4 is 4.74 Å². The third-order valence-corrected chi connectivity index (χ3v) is 4.31. The molecule has 0 aliphatic carbocycles. The van der Waals surface area contributed by atoms with Crippen LogP contribution in [-0.2, 0) is 12.8 Å². The summed E-state index contributed by atoms with van der Waals surface area (Å²) in [5.74, 6) is 1.23. The SMILES string of the molecule is CCc1ccccc1OCCc1nc(C(C)C)c(C#N)s1. The average Bonchev–Trinajstić information content (AvgIpc) is 2.91. The molecule has 2 aromatic rings. The van der Waals surface area contributed by atoms with E-state index in [9.17, 15) is 0 Å². The van der Waals surface area contributed by atoms with Gasteiger partial charge in [0.1, 0.15) is 16.7 Å². The lowest BCUT2D eigenvalue weighted by molar-refractivity contribution is 0.318. The highest BCUT2D eigenvalue weighted by Gasteiger charge is 2.13. The smallest absolute Gasteiger partial charge is 0.128 e. The zero-order chi connectivity index (χ0) is 15.2. The summed E-state index contributed by atoms with van der Waals surface area (Å²) in [5.41, 5.74) is 2.13. The molecule has 0 bridgehead atoms. The van der Waals surface area contributed by atoms with Gasteiger partial charge in [-0.1, -0.05) is 39.0 Å². The summed E-state index contributed by atoms with van der Waals surface area (Å²) in [6, 6.07) is 10.3. The van der Waals surface area contributed by atoms with E-state index in [0.717, 1.165) is 34.2 Å². The number of aromatic nitrogens is 1. The van der Waals surface area contributed by atoms with E-state index in [4.69, 9.17) is 10.00 Å². The monoisotopic (exact) mass is 300 g/mol. The summed E-state index contributed by atoms with van der Waals surface area (Å²) in [6.07, 6.45) is 1.70. The van der Waals surface area contributed by atoms with Gasteiger partial charge in [0, 0.05) is 6.42 Å². The molecule has 21 heavy (non-hydrogen) atoms. The molecule has 1 heterocycles. The lowest BCUT2D eigenvalue weighted by atomic mass is 10.1. The molecule has 0 fully saturated rings. The van der Waals surface area contributed by atoms with Gasteiger partial charge in [-0.05, 0) is 24.0 Å². The Bertz CT molecular complexity index is 640. The standard InChI is InChI=1S/C17H20N2OS/c1-4-13-7-5-6-8-14(13)20-10-9-16-19-17(12(2)3)15(11-18)21-16/h5-8,12H,4,9-10H2,1-3H3. The molecule has 2 rings (SSSR count). The quantitative estimate of drug-likeness (QED) is 0.798. The molecule has 1 aromatic carbocycles. The van der Waals surface area contributed by atoms with Gasteiger partial charge >= 0.3 is 0 Å². The number of nitriles is 1. The fourth-order valence-electron chi connectivity index (χ4n) is 2.14. The molecular formula is C17H20N2OS. The number of thiazole rings is 1. The molecule has 0 spiro atoms. The van der Waals surface area contributed by atoms with E-state index in [1.54, 1.807) is 0 Å². The third-order valence-electron chi connectivity index (χ3n) is 3.27. The number of benzene rings is 1. The largest absolute Gasteiger partial charge is 0.493 e. The first-order valence-electron chi connectivity index (χ1n) is 7.26. The van der Waals surface area contributed by atoms with Gasteiger partial charge < -0.3 is 4.74 Å². The summed E-state index contributed by atoms with van der Waals surface area (Å²) in [5, 5.41) is 10.1. The summed E-state index contributed by atoms with van der Waals surface area (Å²) >= 11 is 1.48. The Morgan fingerprint density at radius 1 is 1.33 bits per heavy atom. The van der Waals surface area contributed by atoms with E-state index in [2.05, 4.69) is 37.9 Å². The molecule has 0 unspecified atom stereocenters. The van der Waals surface area contributed by atoms with Gasteiger partial charge in [0.25, 0.3) is 0 Å². The molecule has 0 atom stereocenters. The maximum atomic E-state index is 9.14. The Morgan fingerprint density at radius 3 is 2.71 bits per heavy atom. The van der Waals surface area contributed by atoms with Crippen LogP contribution in [0.3, 0.4) is 0 Å². The summed E-state index contributed by atoms with van der Waals surface area (Å²) in [4.78, 5) is 5.30. The minimum atomic E-state index is 0.284. The summed E-state index contributed by atoms with van der Waals surface area (Å²) in [7, 11) is 0. The van der Waals surface area contributed by atoms with Gasteiger partial charge in [-0.2, -0.15) is 5.26 Å². The Morgan fingerprint density at radius 2 is 2.10 bits per heavy atom. The Balaban J connectivity index is 1.99. The van der Waals surface area contributed by atoms with Crippen LogP contribution in [-0.4, -0.2) is 11.6 Å². The number of rotatable bonds is 6. The van der Waals surface area contributed by atoms with Crippen molar-refractivity contribution in [1.29, 1.82) is 5.26 Å². The van der Waals surface area contributed by atoms with E-state index >= 15 is 0 Å². The second-order valence-corrected chi connectivity index (χ2v) is 6.23. The van der Waals surface area contributed by atoms with E-state index in [-0.39, 0.29) is 5.92 Å². The van der Waals surface area contributed by atoms with Crippen LogP contribution in [0.4, 0.5) is 0 Å². The fourth-order valence-corrected chi connectivity index (χ4v) is 3.14. The van der Waals surface area contributed by atoms with Gasteiger partial charge in [0.2, 0.25) is 0 Å². The van der Waals surface area contributed by atoms with Crippen molar-refractivity contribution in [2.75, 3.05) is 6.61 Å². The molecule has 4 heteroatoms. The van der Waals surface area contributed by atoms with Crippen molar-refractivity contribution in [2.45, 2.75) is 39.5 Å². The highest BCUT2D eigenvalue weighted by molar-refractivity contribution is 7.12. The van der Waals surface area contributed by atoms with E-state index in [1.807, 2.05) is 18.2 Å². The van der Waals surface area contributed by atoms with Gasteiger partial charge in [0.15, 0.2) is 0 Å². The molecule has 110 valence electrons. The Hall–Kier alpha value is -1.86. The van der Waals surface area contributed by atoms with Crippen LogP contribution in [0.5, 0.6) is 5.75 Å². The highest BCUT2D eigenvalue weighted by Crippen LogP contribution is 2.25. The van der Waals surface area contributed by atoms with E-state index < -0.39 is 0 Å². The zero-order valence-corrected chi connectivity index (χ0v) is 13.5. The molecular weight excluding hydrogens is 280 g/mol. The molecule has 1 aromatic heterocycles. The first kappa shape index (κ1) is 15.5. The number of hydrogen-bond donors (Lipinski definition) is 0. The van der Waals surface area contributed by atoms with Crippen molar-refractivity contribution in [2.24, 2.45) is 0 Å². The van der Waals surface area contributed by atoms with Crippen molar-refractivity contribution < 1.29 is 4.74 Å². The number of ether oxygens (including phenoxy) is 1. The predicted molar refractivity (Wildman–Crippen MR) is 85.9 cm³/mol. The maximum absolute atomic E-state index is 9.14. The van der Waals surface area contributed by atoms with Crippen LogP contribution in [0.2, 0.25) is 0 Å². The maximum Gasteiger partial charge on any atom is 0.128 e. The number of para-hydroxylation sites is 1. The fraction of sp³-hybridized carbons (Fsp3) is 0.412. The van der Waals surface area contributed by atoms with Crippen molar-refractivity contribution >= 4 is 11.3 Å². The van der Waals surface area contributed by atoms with Gasteiger partial charge in [-0.3, -0.25) is 0 Å². The minimum Gasteiger partial charge on any atom is -0.493 e. The number of hydrogen-bond acceptors (Lipinski definition) is 4. The second-order valence-electron chi connectivity index (χ2n) is 5.15. The molecule has 0 amide bonds. The zero-order valence-electron chi connectivity index (χ0n) is 12.7.